The number of benzene rings is 3. The van der Waals surface area contributed by atoms with Crippen molar-refractivity contribution < 1.29 is 13.2 Å². The number of fused-ring (bicyclic) bond motifs is 1. The van der Waals surface area contributed by atoms with Crippen LogP contribution >= 0.6 is 0 Å². The molecule has 0 saturated carbocycles. The molecule has 0 aliphatic carbocycles. The topological polar surface area (TPSA) is 71.2 Å². The predicted octanol–water partition coefficient (Wildman–Crippen LogP) is 5.45. The van der Waals surface area contributed by atoms with Gasteiger partial charge in [-0.3, -0.25) is 0 Å². The van der Waals surface area contributed by atoms with Gasteiger partial charge in [-0.25, -0.2) is 9.83 Å². The van der Waals surface area contributed by atoms with Gasteiger partial charge in [-0.05, 0) is 48.0 Å². The zero-order valence-corrected chi connectivity index (χ0v) is 17.8. The fraction of sp³-hybridized carbons (Fsp3) is 0.0385. The maximum atomic E-state index is 13.0. The van der Waals surface area contributed by atoms with Gasteiger partial charge in [-0.15, -0.1) is 14.8 Å². The number of rotatable bonds is 3. The summed E-state index contributed by atoms with van der Waals surface area (Å²) in [6.07, 6.45) is -2.72. The molecule has 35 heavy (non-hydrogen) atoms. The average Bonchev–Trinajstić information content (AvgIpc) is 3.43. The lowest BCUT2D eigenvalue weighted by molar-refractivity contribution is -0.137. The van der Waals surface area contributed by atoms with E-state index in [1.54, 1.807) is 54.6 Å². The van der Waals surface area contributed by atoms with Crippen molar-refractivity contribution in [1.82, 2.24) is 19.8 Å². The van der Waals surface area contributed by atoms with Crippen LogP contribution in [-0.4, -0.2) is 19.8 Å². The molecule has 0 fully saturated rings. The molecule has 9 heteroatoms. The summed E-state index contributed by atoms with van der Waals surface area (Å²) in [5.41, 5.74) is 3.14. The largest absolute Gasteiger partial charge is 0.416 e. The molecule has 5 rings (SSSR count). The molecule has 0 aliphatic rings. The van der Waals surface area contributed by atoms with Gasteiger partial charge in [-0.2, -0.15) is 18.4 Å². The van der Waals surface area contributed by atoms with Crippen LogP contribution in [0.25, 0.3) is 39.2 Å². The third kappa shape index (κ3) is 4.19. The van der Waals surface area contributed by atoms with E-state index >= 15 is 0 Å². The molecule has 5 aromatic rings. The van der Waals surface area contributed by atoms with E-state index in [4.69, 9.17) is 11.8 Å². The molecule has 0 N–H and O–H groups in total. The molecule has 6 nitrogen and oxygen atoms in total. The van der Waals surface area contributed by atoms with Gasteiger partial charge in [0.05, 0.1) is 23.8 Å². The monoisotopic (exact) mass is 466 g/mol. The van der Waals surface area contributed by atoms with E-state index in [-0.39, 0.29) is 0 Å². The fourth-order valence-electron chi connectivity index (χ4n) is 3.59. The molecule has 2 aromatic heterocycles. The predicted molar refractivity (Wildman–Crippen MR) is 123 cm³/mol. The molecule has 3 aromatic carbocycles. The lowest BCUT2D eigenvalue weighted by atomic mass is 10.1. The van der Waals surface area contributed by atoms with Gasteiger partial charge in [0.1, 0.15) is 5.69 Å². The molecule has 168 valence electrons. The first-order valence-corrected chi connectivity index (χ1v) is 10.3. The number of aromatic nitrogens is 4. The van der Waals surface area contributed by atoms with Crippen molar-refractivity contribution in [2.24, 2.45) is 0 Å². The van der Waals surface area contributed by atoms with Gasteiger partial charge in [0, 0.05) is 16.3 Å². The minimum atomic E-state index is -4.42. The Morgan fingerprint density at radius 1 is 0.886 bits per heavy atom. The molecule has 0 amide bonds. The van der Waals surface area contributed by atoms with E-state index < -0.39 is 11.7 Å². The summed E-state index contributed by atoms with van der Waals surface area (Å²) in [4.78, 5) is 8.01. The van der Waals surface area contributed by atoms with Crippen LogP contribution in [0.4, 0.5) is 18.9 Å². The van der Waals surface area contributed by atoms with Crippen molar-refractivity contribution in [1.29, 1.82) is 5.26 Å². The first-order chi connectivity index (χ1) is 16.9. The first kappa shape index (κ1) is 21.8. The summed E-state index contributed by atoms with van der Waals surface area (Å²) in [7, 11) is 0. The minimum Gasteiger partial charge on any atom is -0.238 e. The Kier molecular flexibility index (Phi) is 5.23. The van der Waals surface area contributed by atoms with E-state index in [1.807, 2.05) is 0 Å². The summed E-state index contributed by atoms with van der Waals surface area (Å²) in [6.45, 7) is 7.15. The fourth-order valence-corrected chi connectivity index (χ4v) is 3.59. The molecule has 2 heterocycles. The van der Waals surface area contributed by atoms with Crippen molar-refractivity contribution in [3.05, 3.63) is 106 Å². The Morgan fingerprint density at radius 3 is 2.14 bits per heavy atom. The normalized spacial score (nSPS) is 12.0. The van der Waals surface area contributed by atoms with Crippen molar-refractivity contribution in [2.45, 2.75) is 6.18 Å². The average molecular weight is 466 g/mol. The van der Waals surface area contributed by atoms with Crippen molar-refractivity contribution in [3.63, 3.8) is 0 Å². The summed E-state index contributed by atoms with van der Waals surface area (Å²) in [5, 5.41) is 18.6. The van der Waals surface area contributed by atoms with E-state index in [9.17, 15) is 13.2 Å². The smallest absolute Gasteiger partial charge is 0.238 e. The van der Waals surface area contributed by atoms with Crippen molar-refractivity contribution in [3.8, 4) is 28.7 Å². The second-order valence-electron chi connectivity index (χ2n) is 7.62. The molecule has 0 bridgehead atoms. The molecular weight excluding hydrogens is 453 g/mol. The Hall–Kier alpha value is -5.02. The van der Waals surface area contributed by atoms with Gasteiger partial charge in [0.25, 0.3) is 0 Å². The Morgan fingerprint density at radius 2 is 1.54 bits per heavy atom. The highest BCUT2D eigenvalue weighted by Gasteiger charge is 2.29. The number of hydrogen-bond acceptors (Lipinski definition) is 4. The Balaban J connectivity index is 1.68. The van der Waals surface area contributed by atoms with E-state index in [0.29, 0.717) is 50.3 Å². The van der Waals surface area contributed by atoms with Crippen molar-refractivity contribution >= 4 is 17.4 Å². The van der Waals surface area contributed by atoms with Crippen LogP contribution in [0.15, 0.2) is 72.8 Å². The number of nitriles is 1. The molecule has 0 atom stereocenters. The third-order valence-electron chi connectivity index (χ3n) is 5.37. The third-order valence-corrected chi connectivity index (χ3v) is 5.37. The van der Waals surface area contributed by atoms with Crippen molar-refractivity contribution in [2.75, 3.05) is 0 Å². The zero-order chi connectivity index (χ0) is 24.6. The van der Waals surface area contributed by atoms with E-state index in [2.05, 4.69) is 26.1 Å². The maximum absolute atomic E-state index is 13.0. The second-order valence-corrected chi connectivity index (χ2v) is 7.62. The van der Waals surface area contributed by atoms with Gasteiger partial charge >= 0.3 is 6.18 Å². The first-order valence-electron chi connectivity index (χ1n) is 10.3. The van der Waals surface area contributed by atoms with Crippen LogP contribution in [0.5, 0.6) is 0 Å². The zero-order valence-electron chi connectivity index (χ0n) is 17.8. The summed E-state index contributed by atoms with van der Waals surface area (Å²) >= 11 is 0. The van der Waals surface area contributed by atoms with Gasteiger partial charge in [-0.1, -0.05) is 36.4 Å². The molecule has 0 unspecified atom stereocenters. The minimum absolute atomic E-state index is 0.397. The number of nitrogens with zero attached hydrogens (tertiary/aromatic N) is 6. The van der Waals surface area contributed by atoms with Crippen LogP contribution in [0, 0.1) is 17.9 Å². The van der Waals surface area contributed by atoms with Gasteiger partial charge in [0.15, 0.2) is 17.2 Å². The highest BCUT2D eigenvalue weighted by atomic mass is 19.4. The SMILES string of the molecule is [C-]#[N+]c1ccc(-c2nn3nc(-c4ccc(C#N)cc4)nc3c2=Cc2ccc(C(F)(F)F)cc2)cc1. The van der Waals surface area contributed by atoms with Crippen LogP contribution in [0.1, 0.15) is 16.7 Å². The lowest BCUT2D eigenvalue weighted by Gasteiger charge is -2.05. The highest BCUT2D eigenvalue weighted by Crippen LogP contribution is 2.29. The van der Waals surface area contributed by atoms with Gasteiger partial charge < -0.3 is 0 Å². The maximum Gasteiger partial charge on any atom is 0.416 e. The number of halogens is 3. The number of hydrogen-bond donors (Lipinski definition) is 0. The Bertz CT molecular complexity index is 1670. The van der Waals surface area contributed by atoms with Gasteiger partial charge in [0.2, 0.25) is 0 Å². The van der Waals surface area contributed by atoms with Crippen LogP contribution in [-0.2, 0) is 6.18 Å². The molecule has 0 saturated heterocycles. The lowest BCUT2D eigenvalue weighted by Crippen LogP contribution is -2.06. The van der Waals surface area contributed by atoms with E-state index in [0.717, 1.165) is 12.1 Å². The molecule has 0 spiro atoms. The van der Waals surface area contributed by atoms with E-state index in [1.165, 1.54) is 16.8 Å². The quantitative estimate of drug-likeness (QED) is 0.332. The van der Waals surface area contributed by atoms with Crippen LogP contribution < -0.4 is 5.22 Å². The molecule has 0 aliphatic heterocycles. The molecular formula is C26H13F3N6. The molecule has 0 radical (unpaired) electrons. The summed E-state index contributed by atoms with van der Waals surface area (Å²) in [6, 6.07) is 20.5. The number of alkyl halides is 3. The standard InChI is InChI=1S/C26H13F3N6/c1-31-21-12-8-18(9-13-21)23-22(14-16-4-10-20(11-5-16)26(27,28)29)25-32-24(34-35(25)33-23)19-6-2-17(15-30)3-7-19/h2-14H. The Labute approximate surface area is 197 Å². The summed E-state index contributed by atoms with van der Waals surface area (Å²) < 4.78 is 40.3. The van der Waals surface area contributed by atoms with Crippen LogP contribution in [0.2, 0.25) is 0 Å². The highest BCUT2D eigenvalue weighted by molar-refractivity contribution is 5.73. The second kappa shape index (κ2) is 8.40. The van der Waals surface area contributed by atoms with Crippen LogP contribution in [0.3, 0.4) is 0 Å². The summed E-state index contributed by atoms with van der Waals surface area (Å²) in [5.74, 6) is 0.397.